The molecule has 0 bridgehead atoms. The van der Waals surface area contributed by atoms with Crippen LogP contribution >= 0.6 is 11.3 Å². The van der Waals surface area contributed by atoms with Gasteiger partial charge in [-0.1, -0.05) is 0 Å². The van der Waals surface area contributed by atoms with Crippen molar-refractivity contribution in [1.82, 2.24) is 14.7 Å². The van der Waals surface area contributed by atoms with Crippen molar-refractivity contribution in [2.24, 2.45) is 0 Å². The van der Waals surface area contributed by atoms with Crippen molar-refractivity contribution in [2.45, 2.75) is 32.9 Å². The first-order valence-electron chi connectivity index (χ1n) is 5.87. The Balaban J connectivity index is 2.15. The summed E-state index contributed by atoms with van der Waals surface area (Å²) in [6.07, 6.45) is 7.88. The summed E-state index contributed by atoms with van der Waals surface area (Å²) in [7, 11) is 0. The lowest BCUT2D eigenvalue weighted by atomic mass is 10.2. The second kappa shape index (κ2) is 5.53. The molecule has 2 rings (SSSR count). The normalized spacial score (nSPS) is 12.8. The maximum absolute atomic E-state index is 9.19. The van der Waals surface area contributed by atoms with Crippen molar-refractivity contribution in [3.05, 3.63) is 22.5 Å². The largest absolute Gasteiger partial charge is 0.395 e. The van der Waals surface area contributed by atoms with Crippen LogP contribution in [0.1, 0.15) is 22.7 Å². The predicted octanol–water partition coefficient (Wildman–Crippen LogP) is 1.49. The number of aryl methyl sites for hydroxylation is 2. The van der Waals surface area contributed by atoms with Crippen LogP contribution in [0.3, 0.4) is 0 Å². The fraction of sp³-hybridized carbons (Fsp3) is 0.462. The third kappa shape index (κ3) is 2.56. The minimum absolute atomic E-state index is 0.0495. The molecule has 2 aromatic heterocycles. The average Bonchev–Trinajstić information content (AvgIpc) is 2.80. The summed E-state index contributed by atoms with van der Waals surface area (Å²) in [4.78, 5) is 6.77. The van der Waals surface area contributed by atoms with Crippen LogP contribution < -0.4 is 5.32 Å². The van der Waals surface area contributed by atoms with Crippen molar-refractivity contribution in [2.75, 3.05) is 6.61 Å². The first-order chi connectivity index (χ1) is 8.65. The number of fused-ring (bicyclic) bond motifs is 1. The van der Waals surface area contributed by atoms with Crippen LogP contribution in [0.4, 0.5) is 0 Å². The summed E-state index contributed by atoms with van der Waals surface area (Å²) >= 11 is 1.68. The molecule has 0 amide bonds. The van der Waals surface area contributed by atoms with Gasteiger partial charge in [-0.25, -0.2) is 4.98 Å². The number of aliphatic hydroxyl groups excluding tert-OH is 1. The number of rotatable bonds is 5. The van der Waals surface area contributed by atoms with Gasteiger partial charge < -0.3 is 10.4 Å². The molecule has 96 valence electrons. The molecule has 4 nitrogen and oxygen atoms in total. The Bertz CT molecular complexity index is 579. The number of terminal acetylenes is 1. The number of aliphatic hydroxyl groups is 1. The fourth-order valence-electron chi connectivity index (χ4n) is 1.91. The molecule has 0 radical (unpaired) electrons. The van der Waals surface area contributed by atoms with E-state index in [1.165, 1.54) is 4.88 Å². The van der Waals surface area contributed by atoms with Crippen LogP contribution in [0, 0.1) is 26.2 Å². The topological polar surface area (TPSA) is 49.6 Å². The summed E-state index contributed by atoms with van der Waals surface area (Å²) in [6.45, 7) is 4.78. The highest BCUT2D eigenvalue weighted by Crippen LogP contribution is 2.20. The molecule has 0 saturated carbocycles. The van der Waals surface area contributed by atoms with Crippen molar-refractivity contribution in [3.8, 4) is 12.3 Å². The predicted molar refractivity (Wildman–Crippen MR) is 73.7 cm³/mol. The molecule has 0 aliphatic rings. The first-order valence-corrected chi connectivity index (χ1v) is 6.69. The Labute approximate surface area is 111 Å². The van der Waals surface area contributed by atoms with Crippen LogP contribution in [0.25, 0.3) is 4.96 Å². The number of hydrogen-bond donors (Lipinski definition) is 2. The maximum Gasteiger partial charge on any atom is 0.194 e. The molecule has 0 aliphatic heterocycles. The lowest BCUT2D eigenvalue weighted by Crippen LogP contribution is -2.32. The number of imidazole rings is 1. The number of nitrogens with zero attached hydrogens (tertiary/aromatic N) is 2. The number of nitrogens with one attached hydrogen (secondary N) is 1. The Morgan fingerprint density at radius 1 is 1.61 bits per heavy atom. The van der Waals surface area contributed by atoms with E-state index in [9.17, 15) is 5.11 Å². The third-order valence-corrected chi connectivity index (χ3v) is 3.78. The molecule has 18 heavy (non-hydrogen) atoms. The third-order valence-electron chi connectivity index (χ3n) is 2.88. The number of hydrogen-bond acceptors (Lipinski definition) is 4. The van der Waals surface area contributed by atoms with Crippen molar-refractivity contribution in [1.29, 1.82) is 0 Å². The standard InChI is InChI=1S/C13H17N3OS/c1-4-5-11(8-17)14-6-12-10(3)15-13-16(12)7-9(2)18-13/h1,7,11,14,17H,5-6,8H2,2-3H3. The fourth-order valence-corrected chi connectivity index (χ4v) is 2.80. The quantitative estimate of drug-likeness (QED) is 0.804. The van der Waals surface area contributed by atoms with Gasteiger partial charge in [0.15, 0.2) is 4.96 Å². The van der Waals surface area contributed by atoms with Crippen LogP contribution in [-0.2, 0) is 6.54 Å². The van der Waals surface area contributed by atoms with Gasteiger partial charge in [0.1, 0.15) is 0 Å². The van der Waals surface area contributed by atoms with Gasteiger partial charge in [-0.3, -0.25) is 4.40 Å². The summed E-state index contributed by atoms with van der Waals surface area (Å²) in [5.74, 6) is 2.56. The van der Waals surface area contributed by atoms with Gasteiger partial charge in [0.2, 0.25) is 0 Å². The molecule has 2 N–H and O–H groups in total. The second-order valence-electron chi connectivity index (χ2n) is 4.31. The van der Waals surface area contributed by atoms with Crippen molar-refractivity contribution in [3.63, 3.8) is 0 Å². The first kappa shape index (κ1) is 13.1. The van der Waals surface area contributed by atoms with E-state index in [1.54, 1.807) is 11.3 Å². The van der Waals surface area contributed by atoms with Crippen LogP contribution in [0.5, 0.6) is 0 Å². The number of aromatic nitrogens is 2. The Hall–Kier alpha value is -1.35. The molecular weight excluding hydrogens is 246 g/mol. The highest BCUT2D eigenvalue weighted by atomic mass is 32.1. The Kier molecular flexibility index (Phi) is 4.02. The molecule has 1 unspecified atom stereocenters. The zero-order valence-corrected chi connectivity index (χ0v) is 11.4. The lowest BCUT2D eigenvalue weighted by Gasteiger charge is -2.13. The van der Waals surface area contributed by atoms with Crippen LogP contribution in [0.2, 0.25) is 0 Å². The molecule has 0 saturated heterocycles. The number of thiazole rings is 1. The molecule has 0 aromatic carbocycles. The zero-order valence-electron chi connectivity index (χ0n) is 10.6. The summed E-state index contributed by atoms with van der Waals surface area (Å²) in [6, 6.07) is -0.0558. The molecule has 2 heterocycles. The van der Waals surface area contributed by atoms with Crippen molar-refractivity contribution < 1.29 is 5.11 Å². The van der Waals surface area contributed by atoms with E-state index in [2.05, 4.69) is 33.7 Å². The van der Waals surface area contributed by atoms with E-state index in [-0.39, 0.29) is 12.6 Å². The van der Waals surface area contributed by atoms with E-state index in [0.717, 1.165) is 16.3 Å². The molecule has 2 aromatic rings. The van der Waals surface area contributed by atoms with Gasteiger partial charge in [-0.2, -0.15) is 0 Å². The smallest absolute Gasteiger partial charge is 0.194 e. The van der Waals surface area contributed by atoms with Gasteiger partial charge in [0.05, 0.1) is 18.0 Å². The second-order valence-corrected chi connectivity index (χ2v) is 5.52. The van der Waals surface area contributed by atoms with E-state index < -0.39 is 0 Å². The van der Waals surface area contributed by atoms with E-state index in [0.29, 0.717) is 13.0 Å². The SMILES string of the molecule is C#CCC(CO)NCc1c(C)nc2sc(C)cn12. The lowest BCUT2D eigenvalue weighted by molar-refractivity contribution is 0.243. The van der Waals surface area contributed by atoms with Crippen molar-refractivity contribution >= 4 is 16.3 Å². The van der Waals surface area contributed by atoms with Gasteiger partial charge in [0, 0.05) is 30.1 Å². The monoisotopic (exact) mass is 263 g/mol. The van der Waals surface area contributed by atoms with Gasteiger partial charge in [-0.15, -0.1) is 23.7 Å². The van der Waals surface area contributed by atoms with Crippen LogP contribution in [-0.4, -0.2) is 27.1 Å². The summed E-state index contributed by atoms with van der Waals surface area (Å²) in [5, 5.41) is 12.5. The van der Waals surface area contributed by atoms with Crippen LogP contribution in [0.15, 0.2) is 6.20 Å². The van der Waals surface area contributed by atoms with Gasteiger partial charge in [0.25, 0.3) is 0 Å². The molecule has 0 spiro atoms. The maximum atomic E-state index is 9.19. The molecule has 0 fully saturated rings. The Morgan fingerprint density at radius 2 is 2.39 bits per heavy atom. The van der Waals surface area contributed by atoms with Gasteiger partial charge >= 0.3 is 0 Å². The minimum Gasteiger partial charge on any atom is -0.395 e. The minimum atomic E-state index is -0.0558. The van der Waals surface area contributed by atoms with E-state index in [4.69, 9.17) is 6.42 Å². The van der Waals surface area contributed by atoms with E-state index >= 15 is 0 Å². The summed E-state index contributed by atoms with van der Waals surface area (Å²) in [5.41, 5.74) is 2.15. The van der Waals surface area contributed by atoms with E-state index in [1.807, 2.05) is 6.92 Å². The zero-order chi connectivity index (χ0) is 13.1. The molecule has 0 aliphatic carbocycles. The molecular formula is C13H17N3OS. The highest BCUT2D eigenvalue weighted by Gasteiger charge is 2.12. The molecule has 5 heteroatoms. The molecule has 1 atom stereocenters. The highest BCUT2D eigenvalue weighted by molar-refractivity contribution is 7.17. The average molecular weight is 263 g/mol. The Morgan fingerprint density at radius 3 is 3.06 bits per heavy atom. The summed E-state index contributed by atoms with van der Waals surface area (Å²) < 4.78 is 2.10. The van der Waals surface area contributed by atoms with Gasteiger partial charge in [-0.05, 0) is 13.8 Å².